The summed E-state index contributed by atoms with van der Waals surface area (Å²) in [6.45, 7) is 4.07. The monoisotopic (exact) mass is 391 g/mol. The number of ether oxygens (including phenoxy) is 1. The molecule has 3 unspecified atom stereocenters. The minimum absolute atomic E-state index is 0.0242. The van der Waals surface area contributed by atoms with Crippen LogP contribution in [0.1, 0.15) is 55.0 Å². The molecule has 5 heteroatoms. The van der Waals surface area contributed by atoms with Gasteiger partial charge in [0.1, 0.15) is 0 Å². The van der Waals surface area contributed by atoms with Gasteiger partial charge >= 0.3 is 5.97 Å². The van der Waals surface area contributed by atoms with E-state index in [1.807, 2.05) is 55.3 Å². The van der Waals surface area contributed by atoms with Crippen molar-refractivity contribution in [2.75, 3.05) is 6.61 Å². The number of hydrogen-bond donors (Lipinski definition) is 1. The van der Waals surface area contributed by atoms with E-state index in [0.29, 0.717) is 19.4 Å². The standard InChI is InChI=1S/C24H25NO4/c1-3-28-23(27)24(2)13-12-19-21-16-9-5-4-8-15(16)14-20(26)17-10-6-7-11-18(17)22(21)29-25(19)24/h4-11,19-20,26H,3,12-14H2,1-2H3. The number of fused-ring (bicyclic) bond motifs is 6. The van der Waals surface area contributed by atoms with E-state index in [0.717, 1.165) is 40.0 Å². The number of esters is 1. The Morgan fingerprint density at radius 1 is 1.21 bits per heavy atom. The van der Waals surface area contributed by atoms with Crippen LogP contribution in [0.25, 0.3) is 11.3 Å². The van der Waals surface area contributed by atoms with Gasteiger partial charge in [-0.3, -0.25) is 0 Å². The number of carbonyl (C=O) groups is 1. The summed E-state index contributed by atoms with van der Waals surface area (Å²) in [5.41, 5.74) is 4.21. The van der Waals surface area contributed by atoms with Gasteiger partial charge in [0.15, 0.2) is 11.3 Å². The van der Waals surface area contributed by atoms with Gasteiger partial charge in [-0.15, -0.1) is 5.06 Å². The fourth-order valence-electron chi connectivity index (χ4n) is 4.96. The summed E-state index contributed by atoms with van der Waals surface area (Å²) >= 11 is 0. The van der Waals surface area contributed by atoms with E-state index < -0.39 is 11.6 Å². The fourth-order valence-corrected chi connectivity index (χ4v) is 4.96. The Hall–Kier alpha value is -2.63. The van der Waals surface area contributed by atoms with Crippen LogP contribution in [-0.4, -0.2) is 34.3 Å². The highest BCUT2D eigenvalue weighted by Crippen LogP contribution is 2.52. The SMILES string of the molecule is CCOC(=O)C1(C)CCC2C3=C(ON21)c1ccccc1C(O)Cc1ccccc13. The molecule has 1 N–H and O–H groups in total. The molecule has 5 nitrogen and oxygen atoms in total. The molecule has 1 fully saturated rings. The highest BCUT2D eigenvalue weighted by molar-refractivity contribution is 5.95. The lowest BCUT2D eigenvalue weighted by atomic mass is 9.84. The molecule has 5 rings (SSSR count). The number of rotatable bonds is 2. The van der Waals surface area contributed by atoms with Crippen molar-refractivity contribution in [3.8, 4) is 0 Å². The molecule has 0 saturated carbocycles. The summed E-state index contributed by atoms with van der Waals surface area (Å²) in [6, 6.07) is 16.0. The van der Waals surface area contributed by atoms with Crippen molar-refractivity contribution in [2.45, 2.75) is 50.8 Å². The van der Waals surface area contributed by atoms with Gasteiger partial charge in [0.05, 0.1) is 18.8 Å². The lowest BCUT2D eigenvalue weighted by Gasteiger charge is -2.31. The highest BCUT2D eigenvalue weighted by Gasteiger charge is 2.57. The van der Waals surface area contributed by atoms with Gasteiger partial charge in [-0.1, -0.05) is 48.5 Å². The van der Waals surface area contributed by atoms with Crippen LogP contribution in [-0.2, 0) is 20.8 Å². The van der Waals surface area contributed by atoms with Crippen LogP contribution in [0.5, 0.6) is 0 Å². The zero-order chi connectivity index (χ0) is 20.2. The van der Waals surface area contributed by atoms with E-state index >= 15 is 0 Å². The molecule has 2 heterocycles. The predicted molar refractivity (Wildman–Crippen MR) is 109 cm³/mol. The smallest absolute Gasteiger partial charge is 0.329 e. The van der Waals surface area contributed by atoms with E-state index in [2.05, 4.69) is 12.1 Å². The molecule has 2 aliphatic heterocycles. The normalized spacial score (nSPS) is 27.8. The van der Waals surface area contributed by atoms with Crippen LogP contribution in [0.15, 0.2) is 48.5 Å². The van der Waals surface area contributed by atoms with E-state index in [4.69, 9.17) is 9.57 Å². The number of hydroxylamine groups is 2. The van der Waals surface area contributed by atoms with Gasteiger partial charge in [-0.25, -0.2) is 4.79 Å². The van der Waals surface area contributed by atoms with Crippen LogP contribution < -0.4 is 0 Å². The predicted octanol–water partition coefficient (Wildman–Crippen LogP) is 3.88. The lowest BCUT2D eigenvalue weighted by Crippen LogP contribution is -2.49. The molecular formula is C24H25NO4. The zero-order valence-corrected chi connectivity index (χ0v) is 16.7. The van der Waals surface area contributed by atoms with Crippen molar-refractivity contribution < 1.29 is 19.5 Å². The first-order chi connectivity index (χ1) is 14.0. The molecule has 2 aromatic carbocycles. The Morgan fingerprint density at radius 3 is 2.72 bits per heavy atom. The number of carbonyl (C=O) groups excluding carboxylic acids is 1. The number of hydrogen-bond acceptors (Lipinski definition) is 5. The number of aliphatic hydroxyl groups excluding tert-OH is 1. The molecule has 150 valence electrons. The van der Waals surface area contributed by atoms with Crippen LogP contribution >= 0.6 is 0 Å². The summed E-state index contributed by atoms with van der Waals surface area (Å²) in [6.07, 6.45) is 1.43. The second-order valence-electron chi connectivity index (χ2n) is 8.17. The van der Waals surface area contributed by atoms with Gasteiger partial charge in [0, 0.05) is 17.6 Å². The van der Waals surface area contributed by atoms with Crippen LogP contribution in [0.2, 0.25) is 0 Å². The maximum atomic E-state index is 12.8. The average molecular weight is 391 g/mol. The summed E-state index contributed by atoms with van der Waals surface area (Å²) in [7, 11) is 0. The molecule has 3 aliphatic rings. The Balaban J connectivity index is 1.69. The average Bonchev–Trinajstić information content (AvgIpc) is 3.26. The first-order valence-electron chi connectivity index (χ1n) is 10.3. The third kappa shape index (κ3) is 2.65. The van der Waals surface area contributed by atoms with Crippen molar-refractivity contribution in [1.82, 2.24) is 5.06 Å². The molecule has 0 aromatic heterocycles. The van der Waals surface area contributed by atoms with Crippen LogP contribution in [0.4, 0.5) is 0 Å². The number of benzene rings is 2. The summed E-state index contributed by atoms with van der Waals surface area (Å²) < 4.78 is 5.38. The third-order valence-electron chi connectivity index (χ3n) is 6.44. The molecule has 2 aromatic rings. The highest BCUT2D eigenvalue weighted by atomic mass is 16.7. The topological polar surface area (TPSA) is 59.0 Å². The second kappa shape index (κ2) is 6.71. The third-order valence-corrected chi connectivity index (χ3v) is 6.44. The minimum Gasteiger partial charge on any atom is -0.465 e. The Kier molecular flexibility index (Phi) is 4.26. The minimum atomic E-state index is -0.829. The van der Waals surface area contributed by atoms with Crippen molar-refractivity contribution in [1.29, 1.82) is 0 Å². The van der Waals surface area contributed by atoms with Crippen molar-refractivity contribution in [3.63, 3.8) is 0 Å². The van der Waals surface area contributed by atoms with Gasteiger partial charge in [-0.2, -0.15) is 0 Å². The zero-order valence-electron chi connectivity index (χ0n) is 16.7. The maximum absolute atomic E-state index is 12.8. The summed E-state index contributed by atoms with van der Waals surface area (Å²) in [5.74, 6) is 0.492. The van der Waals surface area contributed by atoms with Crippen molar-refractivity contribution >= 4 is 17.3 Å². The van der Waals surface area contributed by atoms with Crippen LogP contribution in [0.3, 0.4) is 0 Å². The quantitative estimate of drug-likeness (QED) is 0.788. The Labute approximate surface area is 170 Å². The first-order valence-corrected chi connectivity index (χ1v) is 10.3. The summed E-state index contributed by atoms with van der Waals surface area (Å²) in [5, 5.41) is 12.8. The molecule has 1 aliphatic carbocycles. The lowest BCUT2D eigenvalue weighted by molar-refractivity contribution is -0.184. The van der Waals surface area contributed by atoms with E-state index in [1.54, 1.807) is 0 Å². The molecule has 1 saturated heterocycles. The summed E-state index contributed by atoms with van der Waals surface area (Å²) in [4.78, 5) is 19.2. The van der Waals surface area contributed by atoms with Gasteiger partial charge in [-0.05, 0) is 43.4 Å². The second-order valence-corrected chi connectivity index (χ2v) is 8.17. The largest absolute Gasteiger partial charge is 0.465 e. The van der Waals surface area contributed by atoms with Crippen molar-refractivity contribution in [2.24, 2.45) is 0 Å². The van der Waals surface area contributed by atoms with Gasteiger partial charge < -0.3 is 14.7 Å². The van der Waals surface area contributed by atoms with Crippen molar-refractivity contribution in [3.05, 3.63) is 70.8 Å². The number of aliphatic hydroxyl groups is 1. The maximum Gasteiger partial charge on any atom is 0.329 e. The molecular weight excluding hydrogens is 366 g/mol. The molecule has 0 bridgehead atoms. The fraction of sp³-hybridized carbons (Fsp3) is 0.375. The molecule has 3 atom stereocenters. The van der Waals surface area contributed by atoms with Gasteiger partial charge in [0.2, 0.25) is 0 Å². The molecule has 0 spiro atoms. The van der Waals surface area contributed by atoms with E-state index in [9.17, 15) is 9.90 Å². The first kappa shape index (κ1) is 18.4. The Morgan fingerprint density at radius 2 is 1.93 bits per heavy atom. The van der Waals surface area contributed by atoms with E-state index in [-0.39, 0.29) is 12.0 Å². The Bertz CT molecular complexity index is 1010. The van der Waals surface area contributed by atoms with Gasteiger partial charge in [0.25, 0.3) is 0 Å². The van der Waals surface area contributed by atoms with Crippen LogP contribution in [0, 0.1) is 0 Å². The van der Waals surface area contributed by atoms with E-state index in [1.165, 1.54) is 0 Å². The molecule has 0 amide bonds. The number of nitrogens with zero attached hydrogens (tertiary/aromatic N) is 1. The molecule has 29 heavy (non-hydrogen) atoms. The molecule has 0 radical (unpaired) electrons.